The molecule has 1 heterocycles. The number of ether oxygens (including phenoxy) is 2. The number of hydrogen-bond acceptors (Lipinski definition) is 6. The van der Waals surface area contributed by atoms with Crippen molar-refractivity contribution in [2.75, 3.05) is 25.3 Å². The maximum atomic E-state index is 13.1. The number of benzene rings is 2. The Balaban J connectivity index is 2.13. The number of amides is 1. The summed E-state index contributed by atoms with van der Waals surface area (Å²) in [5.41, 5.74) is 1.07. The van der Waals surface area contributed by atoms with Gasteiger partial charge in [0.2, 0.25) is 0 Å². The molecular weight excluding hydrogens is 434 g/mol. The van der Waals surface area contributed by atoms with Gasteiger partial charge in [-0.25, -0.2) is 13.2 Å². The predicted molar refractivity (Wildman–Crippen MR) is 123 cm³/mol. The van der Waals surface area contributed by atoms with Crippen LogP contribution in [-0.4, -0.2) is 43.4 Å². The van der Waals surface area contributed by atoms with E-state index in [9.17, 15) is 18.0 Å². The first-order valence-corrected chi connectivity index (χ1v) is 11.8. The van der Waals surface area contributed by atoms with Crippen molar-refractivity contribution < 1.29 is 22.7 Å². The Morgan fingerprint density at radius 3 is 2.22 bits per heavy atom. The number of nitrogens with zero attached hydrogens (tertiary/aromatic N) is 2. The van der Waals surface area contributed by atoms with Gasteiger partial charge in [-0.15, -0.1) is 0 Å². The summed E-state index contributed by atoms with van der Waals surface area (Å²) in [6.45, 7) is 1.90. The zero-order valence-electron chi connectivity index (χ0n) is 18.8. The highest BCUT2D eigenvalue weighted by Gasteiger charge is 2.23. The number of fused-ring (bicyclic) bond motifs is 1. The van der Waals surface area contributed by atoms with Crippen LogP contribution in [0.2, 0.25) is 0 Å². The number of aryl methyl sites for hydroxylation is 2. The lowest BCUT2D eigenvalue weighted by atomic mass is 10.1. The summed E-state index contributed by atoms with van der Waals surface area (Å²) >= 11 is 0. The van der Waals surface area contributed by atoms with Crippen molar-refractivity contribution >= 4 is 32.5 Å². The molecule has 0 saturated carbocycles. The van der Waals surface area contributed by atoms with Crippen molar-refractivity contribution in [3.05, 3.63) is 46.4 Å². The first-order chi connectivity index (χ1) is 15.1. The fraction of sp³-hybridized carbons (Fsp3) is 0.364. The van der Waals surface area contributed by atoms with Crippen LogP contribution >= 0.6 is 0 Å². The van der Waals surface area contributed by atoms with Gasteiger partial charge < -0.3 is 14.8 Å². The quantitative estimate of drug-likeness (QED) is 0.553. The summed E-state index contributed by atoms with van der Waals surface area (Å²) in [6, 6.07) is 7.63. The number of sulfone groups is 1. The molecule has 0 fully saturated rings. The van der Waals surface area contributed by atoms with Crippen molar-refractivity contribution in [2.45, 2.75) is 24.7 Å². The highest BCUT2D eigenvalue weighted by Crippen LogP contribution is 2.31. The molecule has 1 N–H and O–H groups in total. The standard InChI is InChI=1S/C22H27N3O6S/c1-6-7-10-32(28,29)20-13-17-16(24(2)22(27)25(17)3)12-15(20)23-21(26)14-8-9-18(30-4)19(11-14)31-5/h8-9,11-13H,6-7,10H2,1-5H3,(H,23,26). The number of anilines is 1. The van der Waals surface area contributed by atoms with Crippen LogP contribution in [0.3, 0.4) is 0 Å². The molecule has 0 spiro atoms. The van der Waals surface area contributed by atoms with E-state index in [1.165, 1.54) is 41.6 Å². The minimum atomic E-state index is -3.70. The molecule has 1 aromatic heterocycles. The van der Waals surface area contributed by atoms with Crippen molar-refractivity contribution in [2.24, 2.45) is 14.1 Å². The third kappa shape index (κ3) is 4.22. The zero-order chi connectivity index (χ0) is 23.6. The first kappa shape index (κ1) is 23.4. The lowest BCUT2D eigenvalue weighted by Crippen LogP contribution is -2.19. The largest absolute Gasteiger partial charge is 0.493 e. The Kier molecular flexibility index (Phi) is 6.63. The summed E-state index contributed by atoms with van der Waals surface area (Å²) in [5, 5.41) is 2.71. The van der Waals surface area contributed by atoms with Crippen LogP contribution in [0.1, 0.15) is 30.1 Å². The third-order valence-corrected chi connectivity index (χ3v) is 7.20. The third-order valence-electron chi connectivity index (χ3n) is 5.37. The molecule has 0 bridgehead atoms. The second kappa shape index (κ2) is 9.07. The number of hydrogen-bond donors (Lipinski definition) is 1. The van der Waals surface area contributed by atoms with Gasteiger partial charge in [0.1, 0.15) is 0 Å². The smallest absolute Gasteiger partial charge is 0.328 e. The van der Waals surface area contributed by atoms with Crippen LogP contribution in [-0.2, 0) is 23.9 Å². The van der Waals surface area contributed by atoms with E-state index in [-0.39, 0.29) is 27.6 Å². The number of carbonyl (C=O) groups is 1. The highest BCUT2D eigenvalue weighted by molar-refractivity contribution is 7.91. The molecule has 1 amide bonds. The van der Waals surface area contributed by atoms with Crippen molar-refractivity contribution in [3.63, 3.8) is 0 Å². The number of nitrogens with one attached hydrogen (secondary N) is 1. The van der Waals surface area contributed by atoms with Crippen LogP contribution in [0.15, 0.2) is 40.0 Å². The average Bonchev–Trinajstić information content (AvgIpc) is 3.00. The molecule has 32 heavy (non-hydrogen) atoms. The Labute approximate surface area is 186 Å². The summed E-state index contributed by atoms with van der Waals surface area (Å²) in [5.74, 6) is 0.261. The molecule has 0 aliphatic heterocycles. The minimum absolute atomic E-state index is 0.0199. The Bertz CT molecular complexity index is 1340. The normalized spacial score (nSPS) is 11.5. The maximum Gasteiger partial charge on any atom is 0.328 e. The van der Waals surface area contributed by atoms with Gasteiger partial charge in [-0.3, -0.25) is 13.9 Å². The molecule has 0 saturated heterocycles. The summed E-state index contributed by atoms with van der Waals surface area (Å²) in [4.78, 5) is 25.3. The van der Waals surface area contributed by atoms with E-state index in [0.29, 0.717) is 35.4 Å². The van der Waals surface area contributed by atoms with Gasteiger partial charge >= 0.3 is 5.69 Å². The molecule has 0 radical (unpaired) electrons. The van der Waals surface area contributed by atoms with E-state index in [2.05, 4.69) is 5.32 Å². The SMILES string of the molecule is CCCCS(=O)(=O)c1cc2c(cc1NC(=O)c1ccc(OC)c(OC)c1)n(C)c(=O)n2C. The van der Waals surface area contributed by atoms with Crippen LogP contribution in [0.25, 0.3) is 11.0 Å². The molecular formula is C22H27N3O6S. The van der Waals surface area contributed by atoms with Crippen LogP contribution in [0.5, 0.6) is 11.5 Å². The molecule has 172 valence electrons. The van der Waals surface area contributed by atoms with E-state index in [1.54, 1.807) is 26.2 Å². The van der Waals surface area contributed by atoms with Gasteiger partial charge in [-0.2, -0.15) is 0 Å². The Hall–Kier alpha value is -3.27. The molecule has 0 aliphatic rings. The van der Waals surface area contributed by atoms with Gasteiger partial charge in [0.25, 0.3) is 5.91 Å². The molecule has 9 nitrogen and oxygen atoms in total. The van der Waals surface area contributed by atoms with E-state index in [0.717, 1.165) is 0 Å². The fourth-order valence-electron chi connectivity index (χ4n) is 3.50. The van der Waals surface area contributed by atoms with Crippen LogP contribution < -0.4 is 20.5 Å². The highest BCUT2D eigenvalue weighted by atomic mass is 32.2. The van der Waals surface area contributed by atoms with Crippen molar-refractivity contribution in [1.29, 1.82) is 0 Å². The number of rotatable bonds is 8. The first-order valence-electron chi connectivity index (χ1n) is 10.1. The van der Waals surface area contributed by atoms with Crippen molar-refractivity contribution in [3.8, 4) is 11.5 Å². The summed E-state index contributed by atoms with van der Waals surface area (Å²) in [6.07, 6.45) is 1.19. The second-order valence-electron chi connectivity index (χ2n) is 7.43. The topological polar surface area (TPSA) is 109 Å². The monoisotopic (exact) mass is 461 g/mol. The maximum absolute atomic E-state index is 13.1. The van der Waals surface area contributed by atoms with Gasteiger partial charge in [0, 0.05) is 19.7 Å². The molecule has 0 atom stereocenters. The average molecular weight is 462 g/mol. The molecule has 0 unspecified atom stereocenters. The minimum Gasteiger partial charge on any atom is -0.493 e. The number of carbonyl (C=O) groups excluding carboxylic acids is 1. The second-order valence-corrected chi connectivity index (χ2v) is 9.51. The van der Waals surface area contributed by atoms with Gasteiger partial charge in [-0.1, -0.05) is 13.3 Å². The van der Waals surface area contributed by atoms with E-state index in [4.69, 9.17) is 9.47 Å². The number of aromatic nitrogens is 2. The number of unbranched alkanes of at least 4 members (excludes halogenated alkanes) is 1. The van der Waals surface area contributed by atoms with E-state index < -0.39 is 15.7 Å². The molecule has 2 aromatic carbocycles. The van der Waals surface area contributed by atoms with Gasteiger partial charge in [0.05, 0.1) is 41.6 Å². The van der Waals surface area contributed by atoms with Crippen LogP contribution in [0.4, 0.5) is 5.69 Å². The fourth-order valence-corrected chi connectivity index (χ4v) is 5.12. The predicted octanol–water partition coefficient (Wildman–Crippen LogP) is 2.72. The summed E-state index contributed by atoms with van der Waals surface area (Å²) < 4.78 is 39.4. The van der Waals surface area contributed by atoms with Gasteiger partial charge in [-0.05, 0) is 36.8 Å². The van der Waals surface area contributed by atoms with E-state index in [1.807, 2.05) is 6.92 Å². The molecule has 10 heteroatoms. The van der Waals surface area contributed by atoms with Crippen LogP contribution in [0, 0.1) is 0 Å². The van der Waals surface area contributed by atoms with E-state index >= 15 is 0 Å². The number of methoxy groups -OCH3 is 2. The Morgan fingerprint density at radius 2 is 1.62 bits per heavy atom. The van der Waals surface area contributed by atoms with Crippen molar-refractivity contribution in [1.82, 2.24) is 9.13 Å². The number of imidazole rings is 1. The Morgan fingerprint density at radius 1 is 1.00 bits per heavy atom. The zero-order valence-corrected chi connectivity index (χ0v) is 19.6. The lowest BCUT2D eigenvalue weighted by molar-refractivity contribution is 0.102. The summed E-state index contributed by atoms with van der Waals surface area (Å²) in [7, 11) is 2.42. The molecule has 3 rings (SSSR count). The van der Waals surface area contributed by atoms with Gasteiger partial charge in [0.15, 0.2) is 21.3 Å². The lowest BCUT2D eigenvalue weighted by Gasteiger charge is -2.14. The molecule has 3 aromatic rings. The molecule has 0 aliphatic carbocycles.